The highest BCUT2D eigenvalue weighted by Gasteiger charge is 2.09. The fourth-order valence-electron chi connectivity index (χ4n) is 1.41. The normalized spacial score (nSPS) is 10.1. The van der Waals surface area contributed by atoms with Gasteiger partial charge in [0.25, 0.3) is 0 Å². The Balaban J connectivity index is 2.58. The molecule has 1 heterocycles. The lowest BCUT2D eigenvalue weighted by Gasteiger charge is -2.08. The van der Waals surface area contributed by atoms with Gasteiger partial charge in [-0.2, -0.15) is 0 Å². The van der Waals surface area contributed by atoms with Gasteiger partial charge in [0.05, 0.1) is 24.6 Å². The molecular formula is C11H11NO2. The van der Waals surface area contributed by atoms with E-state index in [1.165, 1.54) is 0 Å². The molecule has 0 saturated carbocycles. The third-order valence-electron chi connectivity index (χ3n) is 2.04. The Labute approximate surface area is 82.1 Å². The van der Waals surface area contributed by atoms with Crippen LogP contribution in [0, 0.1) is 0 Å². The molecule has 0 aliphatic carbocycles. The zero-order valence-corrected chi connectivity index (χ0v) is 7.86. The molecule has 2 N–H and O–H groups in total. The van der Waals surface area contributed by atoms with Gasteiger partial charge in [-0.05, 0) is 24.3 Å². The van der Waals surface area contributed by atoms with E-state index in [4.69, 9.17) is 14.9 Å². The number of rotatable bonds is 2. The van der Waals surface area contributed by atoms with Gasteiger partial charge < -0.3 is 14.9 Å². The highest BCUT2D eigenvalue weighted by Crippen LogP contribution is 2.34. The lowest BCUT2D eigenvalue weighted by molar-refractivity contribution is 0.417. The van der Waals surface area contributed by atoms with Crippen LogP contribution in [0.25, 0.3) is 11.3 Å². The van der Waals surface area contributed by atoms with Crippen LogP contribution in [0.1, 0.15) is 0 Å². The van der Waals surface area contributed by atoms with Gasteiger partial charge in [0, 0.05) is 0 Å². The SMILES string of the molecule is COc1c(N)cccc1-c1ccco1. The van der Waals surface area contributed by atoms with E-state index in [-0.39, 0.29) is 0 Å². The minimum Gasteiger partial charge on any atom is -0.494 e. The number of ether oxygens (including phenoxy) is 1. The number of benzene rings is 1. The monoisotopic (exact) mass is 189 g/mol. The molecule has 0 aliphatic heterocycles. The summed E-state index contributed by atoms with van der Waals surface area (Å²) < 4.78 is 10.5. The predicted molar refractivity (Wildman–Crippen MR) is 55.1 cm³/mol. The van der Waals surface area contributed by atoms with Crippen LogP contribution in [-0.2, 0) is 0 Å². The summed E-state index contributed by atoms with van der Waals surface area (Å²) in [6.07, 6.45) is 1.62. The Bertz CT molecular complexity index is 421. The molecule has 2 aromatic rings. The highest BCUT2D eigenvalue weighted by atomic mass is 16.5. The van der Waals surface area contributed by atoms with E-state index in [0.29, 0.717) is 11.4 Å². The summed E-state index contributed by atoms with van der Waals surface area (Å²) in [4.78, 5) is 0. The van der Waals surface area contributed by atoms with Crippen molar-refractivity contribution in [2.24, 2.45) is 0 Å². The van der Waals surface area contributed by atoms with Crippen LogP contribution in [0.5, 0.6) is 5.75 Å². The van der Waals surface area contributed by atoms with Crippen LogP contribution in [0.4, 0.5) is 5.69 Å². The molecule has 14 heavy (non-hydrogen) atoms. The summed E-state index contributed by atoms with van der Waals surface area (Å²) in [7, 11) is 1.60. The molecule has 0 fully saturated rings. The molecule has 3 heteroatoms. The Hall–Kier alpha value is -1.90. The van der Waals surface area contributed by atoms with E-state index >= 15 is 0 Å². The minimum atomic E-state index is 0.612. The van der Waals surface area contributed by atoms with Gasteiger partial charge >= 0.3 is 0 Å². The molecule has 0 amide bonds. The van der Waals surface area contributed by atoms with Crippen molar-refractivity contribution in [1.29, 1.82) is 0 Å². The largest absolute Gasteiger partial charge is 0.494 e. The second-order valence-electron chi connectivity index (χ2n) is 2.91. The quantitative estimate of drug-likeness (QED) is 0.738. The second kappa shape index (κ2) is 3.46. The lowest BCUT2D eigenvalue weighted by Crippen LogP contribution is -1.93. The average Bonchev–Trinajstić information content (AvgIpc) is 2.70. The van der Waals surface area contributed by atoms with Gasteiger partial charge in [-0.3, -0.25) is 0 Å². The van der Waals surface area contributed by atoms with Crippen molar-refractivity contribution in [3.8, 4) is 17.1 Å². The third kappa shape index (κ3) is 1.33. The fraction of sp³-hybridized carbons (Fsp3) is 0.0909. The van der Waals surface area contributed by atoms with Gasteiger partial charge in [-0.25, -0.2) is 0 Å². The first-order chi connectivity index (χ1) is 6.83. The van der Waals surface area contributed by atoms with E-state index < -0.39 is 0 Å². The Morgan fingerprint density at radius 2 is 2.07 bits per heavy atom. The standard InChI is InChI=1S/C11H11NO2/c1-13-11-8(4-2-5-9(11)12)10-6-3-7-14-10/h2-7H,12H2,1H3. The molecule has 0 bridgehead atoms. The van der Waals surface area contributed by atoms with Crippen LogP contribution in [0.15, 0.2) is 41.0 Å². The zero-order chi connectivity index (χ0) is 9.97. The number of para-hydroxylation sites is 1. The summed E-state index contributed by atoms with van der Waals surface area (Å²) in [5.74, 6) is 1.41. The Morgan fingerprint density at radius 1 is 1.21 bits per heavy atom. The summed E-state index contributed by atoms with van der Waals surface area (Å²) in [6, 6.07) is 9.28. The minimum absolute atomic E-state index is 0.612. The van der Waals surface area contributed by atoms with Gasteiger partial charge in [0.1, 0.15) is 5.76 Å². The Morgan fingerprint density at radius 3 is 2.71 bits per heavy atom. The van der Waals surface area contributed by atoms with E-state index in [2.05, 4.69) is 0 Å². The molecule has 1 aromatic heterocycles. The maximum absolute atomic E-state index is 5.77. The summed E-state index contributed by atoms with van der Waals surface area (Å²) in [5.41, 5.74) is 7.26. The molecule has 2 rings (SSSR count). The fourth-order valence-corrected chi connectivity index (χ4v) is 1.41. The number of hydrogen-bond donors (Lipinski definition) is 1. The molecular weight excluding hydrogens is 178 g/mol. The first kappa shape index (κ1) is 8.69. The van der Waals surface area contributed by atoms with Gasteiger partial charge in [0.15, 0.2) is 5.75 Å². The summed E-state index contributed by atoms with van der Waals surface area (Å²) >= 11 is 0. The van der Waals surface area contributed by atoms with Crippen LogP contribution in [-0.4, -0.2) is 7.11 Å². The molecule has 0 unspecified atom stereocenters. The molecule has 0 radical (unpaired) electrons. The van der Waals surface area contributed by atoms with E-state index in [0.717, 1.165) is 11.3 Å². The van der Waals surface area contributed by atoms with Crippen molar-refractivity contribution in [2.45, 2.75) is 0 Å². The lowest BCUT2D eigenvalue weighted by atomic mass is 10.1. The predicted octanol–water partition coefficient (Wildman–Crippen LogP) is 2.54. The number of anilines is 1. The smallest absolute Gasteiger partial charge is 0.152 e. The van der Waals surface area contributed by atoms with Crippen LogP contribution in [0.2, 0.25) is 0 Å². The van der Waals surface area contributed by atoms with Crippen molar-refractivity contribution in [1.82, 2.24) is 0 Å². The second-order valence-corrected chi connectivity index (χ2v) is 2.91. The topological polar surface area (TPSA) is 48.4 Å². The molecule has 1 aromatic carbocycles. The van der Waals surface area contributed by atoms with Crippen molar-refractivity contribution in [3.63, 3.8) is 0 Å². The van der Waals surface area contributed by atoms with E-state index in [1.54, 1.807) is 19.4 Å². The number of furan rings is 1. The zero-order valence-electron chi connectivity index (χ0n) is 7.86. The van der Waals surface area contributed by atoms with Crippen molar-refractivity contribution >= 4 is 5.69 Å². The number of hydrogen-bond acceptors (Lipinski definition) is 3. The number of methoxy groups -OCH3 is 1. The molecule has 3 nitrogen and oxygen atoms in total. The van der Waals surface area contributed by atoms with Gasteiger partial charge in [0.2, 0.25) is 0 Å². The summed E-state index contributed by atoms with van der Waals surface area (Å²) in [5, 5.41) is 0. The van der Waals surface area contributed by atoms with Crippen LogP contribution < -0.4 is 10.5 Å². The summed E-state index contributed by atoms with van der Waals surface area (Å²) in [6.45, 7) is 0. The highest BCUT2D eigenvalue weighted by molar-refractivity contribution is 5.74. The molecule has 0 spiro atoms. The van der Waals surface area contributed by atoms with Crippen molar-refractivity contribution < 1.29 is 9.15 Å². The van der Waals surface area contributed by atoms with Crippen molar-refractivity contribution in [3.05, 3.63) is 36.6 Å². The molecule has 0 aliphatic rings. The van der Waals surface area contributed by atoms with E-state index in [9.17, 15) is 0 Å². The van der Waals surface area contributed by atoms with Gasteiger partial charge in [-0.1, -0.05) is 6.07 Å². The maximum atomic E-state index is 5.77. The van der Waals surface area contributed by atoms with Crippen molar-refractivity contribution in [2.75, 3.05) is 12.8 Å². The number of nitrogen functional groups attached to an aromatic ring is 1. The van der Waals surface area contributed by atoms with Crippen LogP contribution in [0.3, 0.4) is 0 Å². The average molecular weight is 189 g/mol. The first-order valence-electron chi connectivity index (χ1n) is 4.29. The van der Waals surface area contributed by atoms with Crippen LogP contribution >= 0.6 is 0 Å². The molecule has 0 saturated heterocycles. The Kier molecular flexibility index (Phi) is 2.14. The maximum Gasteiger partial charge on any atom is 0.152 e. The molecule has 72 valence electrons. The van der Waals surface area contributed by atoms with Gasteiger partial charge in [-0.15, -0.1) is 0 Å². The molecule has 0 atom stereocenters. The van der Waals surface area contributed by atoms with E-state index in [1.807, 2.05) is 24.3 Å². The number of nitrogens with two attached hydrogens (primary N) is 1. The third-order valence-corrected chi connectivity index (χ3v) is 2.04. The first-order valence-corrected chi connectivity index (χ1v) is 4.29.